The molecule has 1 saturated heterocycles. The van der Waals surface area contributed by atoms with Gasteiger partial charge in [-0.05, 0) is 110 Å². The third-order valence-electron chi connectivity index (χ3n) is 14.2. The minimum Gasteiger partial charge on any atom is -0.463 e. The smallest absolute Gasteiger partial charge is 0.308 e. The molecule has 0 spiro atoms. The minimum absolute atomic E-state index is 0.117. The summed E-state index contributed by atoms with van der Waals surface area (Å²) in [6.07, 6.45) is 59.2. The molecule has 0 aromatic rings. The highest BCUT2D eigenvalue weighted by molar-refractivity contribution is 5.71. The van der Waals surface area contributed by atoms with E-state index in [0.717, 1.165) is 89.9 Å². The molecule has 0 N–H and O–H groups in total. The van der Waals surface area contributed by atoms with Gasteiger partial charge in [-0.25, -0.2) is 0 Å². The summed E-state index contributed by atoms with van der Waals surface area (Å²) in [6, 6.07) is 0. The van der Waals surface area contributed by atoms with Crippen LogP contribution in [0.1, 0.15) is 297 Å². The number of ether oxygens (including phenoxy) is 5. The van der Waals surface area contributed by atoms with Gasteiger partial charge >= 0.3 is 17.9 Å². The van der Waals surface area contributed by atoms with E-state index in [4.69, 9.17) is 23.7 Å². The topological polar surface area (TPSA) is 101 Å². The third-order valence-corrected chi connectivity index (χ3v) is 14.2. The van der Waals surface area contributed by atoms with Crippen molar-refractivity contribution in [1.82, 2.24) is 4.90 Å². The summed E-state index contributed by atoms with van der Waals surface area (Å²) in [4.78, 5) is 41.6. The fourth-order valence-electron chi connectivity index (χ4n) is 9.45. The fourth-order valence-corrected chi connectivity index (χ4v) is 9.45. The van der Waals surface area contributed by atoms with Crippen molar-refractivity contribution in [2.75, 3.05) is 33.9 Å². The lowest BCUT2D eigenvalue weighted by Gasteiger charge is -2.24. The summed E-state index contributed by atoms with van der Waals surface area (Å²) >= 11 is 0. The molecule has 0 bridgehead atoms. The molecule has 1 aliphatic rings. The van der Waals surface area contributed by atoms with Crippen LogP contribution in [-0.2, 0) is 38.1 Å². The van der Waals surface area contributed by atoms with Gasteiger partial charge in [0.05, 0.1) is 6.42 Å². The van der Waals surface area contributed by atoms with Gasteiger partial charge in [-0.2, -0.15) is 0 Å². The van der Waals surface area contributed by atoms with Gasteiger partial charge in [-0.3, -0.25) is 14.4 Å². The molecule has 1 aliphatic heterocycles. The number of hydrogen-bond acceptors (Lipinski definition) is 9. The first-order valence-corrected chi connectivity index (χ1v) is 31.2. The van der Waals surface area contributed by atoms with Crippen LogP contribution in [0.2, 0.25) is 0 Å². The maximum Gasteiger partial charge on any atom is 0.308 e. The Balaban J connectivity index is 2.74. The van der Waals surface area contributed by atoms with Gasteiger partial charge < -0.3 is 28.6 Å². The van der Waals surface area contributed by atoms with E-state index < -0.39 is 24.6 Å². The zero-order valence-electron chi connectivity index (χ0n) is 48.5. The van der Waals surface area contributed by atoms with E-state index in [2.05, 4.69) is 57.2 Å². The summed E-state index contributed by atoms with van der Waals surface area (Å²) in [5.74, 6) is -1.04. The Kier molecular flexibility index (Phi) is 49.7. The van der Waals surface area contributed by atoms with Crippen molar-refractivity contribution in [1.29, 1.82) is 0 Å². The van der Waals surface area contributed by atoms with E-state index in [1.165, 1.54) is 167 Å². The van der Waals surface area contributed by atoms with Crippen LogP contribution in [0.25, 0.3) is 0 Å². The van der Waals surface area contributed by atoms with E-state index >= 15 is 0 Å². The van der Waals surface area contributed by atoms with Crippen LogP contribution in [0.3, 0.4) is 0 Å². The third kappa shape index (κ3) is 44.4. The SMILES string of the molecule is CCCCCCCC/C=C\CCCCCCCCO[C@H]1C(OC(=O)CCCCCCC/C=C\CCCCCCCC)[C@@H](COC(=O)CCN(C)C)O[C@H]1OC(=O)CCCCCCC/C=C\CCCCCCCC. The molecular formula is C64H117NO8. The fraction of sp³-hybridized carbons (Fsp3) is 0.859. The molecule has 1 rings (SSSR count). The second-order valence-corrected chi connectivity index (χ2v) is 21.7. The molecule has 1 heterocycles. The van der Waals surface area contributed by atoms with Crippen LogP contribution in [0.5, 0.6) is 0 Å². The van der Waals surface area contributed by atoms with Gasteiger partial charge in [0.15, 0.2) is 12.2 Å². The molecule has 0 aromatic carbocycles. The summed E-state index contributed by atoms with van der Waals surface area (Å²) in [6.45, 7) is 7.66. The molecule has 0 saturated carbocycles. The van der Waals surface area contributed by atoms with Crippen LogP contribution in [-0.4, -0.2) is 81.3 Å². The summed E-state index contributed by atoms with van der Waals surface area (Å²) in [5, 5.41) is 0. The van der Waals surface area contributed by atoms with Gasteiger partial charge in [0.2, 0.25) is 6.29 Å². The Morgan fingerprint density at radius 3 is 1.12 bits per heavy atom. The first-order valence-electron chi connectivity index (χ1n) is 31.2. The van der Waals surface area contributed by atoms with Crippen molar-refractivity contribution in [3.8, 4) is 0 Å². The number of hydrogen-bond donors (Lipinski definition) is 0. The predicted molar refractivity (Wildman–Crippen MR) is 307 cm³/mol. The Morgan fingerprint density at radius 1 is 0.397 bits per heavy atom. The van der Waals surface area contributed by atoms with Crippen LogP contribution in [0.4, 0.5) is 0 Å². The predicted octanol–water partition coefficient (Wildman–Crippen LogP) is 18.2. The van der Waals surface area contributed by atoms with Gasteiger partial charge in [-0.1, -0.05) is 218 Å². The Labute approximate surface area is 450 Å². The van der Waals surface area contributed by atoms with Crippen molar-refractivity contribution in [3.63, 3.8) is 0 Å². The largest absolute Gasteiger partial charge is 0.463 e. The summed E-state index contributed by atoms with van der Waals surface area (Å²) in [5.41, 5.74) is 0. The molecule has 73 heavy (non-hydrogen) atoms. The maximum atomic E-state index is 13.5. The Hall–Kier alpha value is -2.49. The summed E-state index contributed by atoms with van der Waals surface area (Å²) < 4.78 is 30.7. The van der Waals surface area contributed by atoms with Crippen LogP contribution < -0.4 is 0 Å². The average molecular weight is 1030 g/mol. The zero-order chi connectivity index (χ0) is 52.9. The summed E-state index contributed by atoms with van der Waals surface area (Å²) in [7, 11) is 3.82. The van der Waals surface area contributed by atoms with Gasteiger partial charge in [0.25, 0.3) is 0 Å². The highest BCUT2D eigenvalue weighted by Gasteiger charge is 2.50. The number of carbonyl (C=O) groups excluding carboxylic acids is 3. The molecule has 0 radical (unpaired) electrons. The monoisotopic (exact) mass is 1030 g/mol. The number of rotatable bonds is 54. The molecule has 0 aliphatic carbocycles. The minimum atomic E-state index is -1.06. The molecule has 9 heteroatoms. The lowest BCUT2D eigenvalue weighted by atomic mass is 10.1. The van der Waals surface area contributed by atoms with Crippen molar-refractivity contribution < 1.29 is 38.1 Å². The van der Waals surface area contributed by atoms with E-state index in [9.17, 15) is 14.4 Å². The molecule has 426 valence electrons. The first-order chi connectivity index (χ1) is 35.8. The molecule has 9 nitrogen and oxygen atoms in total. The van der Waals surface area contributed by atoms with Crippen molar-refractivity contribution in [2.24, 2.45) is 0 Å². The van der Waals surface area contributed by atoms with E-state index in [-0.39, 0.29) is 43.8 Å². The van der Waals surface area contributed by atoms with Crippen LogP contribution in [0, 0.1) is 0 Å². The number of esters is 3. The molecule has 0 aromatic heterocycles. The molecule has 4 atom stereocenters. The maximum absolute atomic E-state index is 13.5. The van der Waals surface area contributed by atoms with E-state index in [1.807, 2.05) is 19.0 Å². The second kappa shape index (κ2) is 52.9. The van der Waals surface area contributed by atoms with Gasteiger partial charge in [0, 0.05) is 26.0 Å². The number of carbonyl (C=O) groups is 3. The molecule has 1 unspecified atom stereocenters. The zero-order valence-corrected chi connectivity index (χ0v) is 48.5. The van der Waals surface area contributed by atoms with Gasteiger partial charge in [-0.15, -0.1) is 0 Å². The standard InChI is InChI=1S/C64H117NO8/c1-6-9-12-15-18-21-24-27-30-33-36-39-42-45-48-51-56-69-63-62(72-60(67)52-49-46-43-40-37-34-31-28-25-22-19-16-13-10-7-2)58(57-70-59(66)54-55-65(4)5)71-64(63)73-61(68)53-50-47-44-41-38-35-32-29-26-23-20-17-14-11-8-3/h27-32,58,62-64H,6-26,33-57H2,1-5H3/b30-27-,31-28-,32-29-/t58-,62?,63+,64+/m1/s1. The number of nitrogens with zero attached hydrogens (tertiary/aromatic N) is 1. The molecule has 1 fully saturated rings. The van der Waals surface area contributed by atoms with Crippen molar-refractivity contribution in [3.05, 3.63) is 36.5 Å². The Morgan fingerprint density at radius 2 is 0.740 bits per heavy atom. The van der Waals surface area contributed by atoms with E-state index in [1.54, 1.807) is 0 Å². The quantitative estimate of drug-likeness (QED) is 0.0255. The number of unbranched alkanes of at least 4 members (excludes halogenated alkanes) is 34. The molecule has 0 amide bonds. The number of allylic oxidation sites excluding steroid dienone is 6. The van der Waals surface area contributed by atoms with E-state index in [0.29, 0.717) is 13.2 Å². The second-order valence-electron chi connectivity index (χ2n) is 21.7. The Bertz CT molecular complexity index is 1330. The molecular weight excluding hydrogens is 911 g/mol. The lowest BCUT2D eigenvalue weighted by Crippen LogP contribution is -2.42. The normalized spacial score (nSPS) is 17.0. The first kappa shape index (κ1) is 68.5. The van der Waals surface area contributed by atoms with Crippen LogP contribution >= 0.6 is 0 Å². The van der Waals surface area contributed by atoms with Crippen LogP contribution in [0.15, 0.2) is 36.5 Å². The van der Waals surface area contributed by atoms with Crippen molar-refractivity contribution in [2.45, 2.75) is 321 Å². The average Bonchev–Trinajstić information content (AvgIpc) is 3.69. The van der Waals surface area contributed by atoms with Crippen molar-refractivity contribution >= 4 is 17.9 Å². The van der Waals surface area contributed by atoms with Gasteiger partial charge in [0.1, 0.15) is 12.7 Å². The highest BCUT2D eigenvalue weighted by Crippen LogP contribution is 2.30. The highest BCUT2D eigenvalue weighted by atomic mass is 16.7. The lowest BCUT2D eigenvalue weighted by molar-refractivity contribution is -0.197.